The van der Waals surface area contributed by atoms with Gasteiger partial charge in [-0.2, -0.15) is 0 Å². The molecule has 0 unspecified atom stereocenters. The summed E-state index contributed by atoms with van der Waals surface area (Å²) in [5.74, 6) is 0.862. The second kappa shape index (κ2) is 14.0. The highest BCUT2D eigenvalue weighted by Crippen LogP contribution is 2.64. The lowest BCUT2D eigenvalue weighted by Crippen LogP contribution is -2.60. The molecule has 0 amide bonds. The summed E-state index contributed by atoms with van der Waals surface area (Å²) < 4.78 is 2.75. The minimum absolute atomic E-state index is 0.0631. The summed E-state index contributed by atoms with van der Waals surface area (Å²) in [7, 11) is 0. The summed E-state index contributed by atoms with van der Waals surface area (Å²) >= 11 is 2.01. The molecule has 0 fully saturated rings. The Kier molecular flexibility index (Phi) is 8.40. The van der Waals surface area contributed by atoms with Crippen LogP contribution in [0.5, 0.6) is 0 Å². The maximum Gasteiger partial charge on any atom is 0.264 e. The van der Waals surface area contributed by atoms with Gasteiger partial charge in [0.05, 0.1) is 11.1 Å². The van der Waals surface area contributed by atoms with Crippen molar-refractivity contribution in [3.8, 4) is 22.3 Å². The molecule has 2 aliphatic heterocycles. The molecule has 0 saturated carbocycles. The van der Waals surface area contributed by atoms with E-state index in [-0.39, 0.29) is 12.1 Å². The van der Waals surface area contributed by atoms with Gasteiger partial charge in [0.2, 0.25) is 0 Å². The Hall–Kier alpha value is -6.62. The van der Waals surface area contributed by atoms with Gasteiger partial charge in [0.1, 0.15) is 0 Å². The second-order valence-electron chi connectivity index (χ2n) is 20.9. The molecule has 0 N–H and O–H groups in total. The molecule has 1 spiro atoms. The van der Waals surface area contributed by atoms with E-state index in [9.17, 15) is 0 Å². The van der Waals surface area contributed by atoms with Gasteiger partial charge in [-0.25, -0.2) is 0 Å². The van der Waals surface area contributed by atoms with Crippen molar-refractivity contribution in [3.05, 3.63) is 208 Å². The summed E-state index contributed by atoms with van der Waals surface area (Å²) in [6, 6.07) is 63.9. The van der Waals surface area contributed by atoms with E-state index in [1.807, 2.05) is 11.3 Å². The van der Waals surface area contributed by atoms with E-state index in [0.717, 1.165) is 0 Å². The molecule has 2 aliphatic carbocycles. The van der Waals surface area contributed by atoms with Crippen molar-refractivity contribution < 1.29 is 0 Å². The van der Waals surface area contributed by atoms with Crippen LogP contribution in [0.2, 0.25) is 0 Å². The molecular formula is C62H53BN2S. The first-order valence-corrected chi connectivity index (χ1v) is 24.7. The van der Waals surface area contributed by atoms with Gasteiger partial charge in [0, 0.05) is 43.3 Å². The molecular weight excluding hydrogens is 816 g/mol. The lowest BCUT2D eigenvalue weighted by atomic mass is 9.36. The number of nitrogens with zero attached hydrogens (tertiary/aromatic N) is 2. The highest BCUT2D eigenvalue weighted by atomic mass is 32.1. The van der Waals surface area contributed by atoms with Crippen molar-refractivity contribution in [1.29, 1.82) is 0 Å². The van der Waals surface area contributed by atoms with Gasteiger partial charge >= 0.3 is 0 Å². The molecule has 2 nitrogen and oxygen atoms in total. The minimum atomic E-state index is -0.415. The van der Waals surface area contributed by atoms with Gasteiger partial charge in [0.15, 0.2) is 0 Å². The number of para-hydroxylation sites is 1. The van der Waals surface area contributed by atoms with E-state index in [4.69, 9.17) is 0 Å². The smallest absolute Gasteiger partial charge is 0.264 e. The first kappa shape index (κ1) is 39.7. The van der Waals surface area contributed by atoms with Crippen molar-refractivity contribution in [1.82, 2.24) is 0 Å². The first-order valence-electron chi connectivity index (χ1n) is 23.9. The predicted molar refractivity (Wildman–Crippen MR) is 284 cm³/mol. The Morgan fingerprint density at radius 2 is 1.08 bits per heavy atom. The lowest BCUT2D eigenvalue weighted by Gasteiger charge is -2.43. The molecule has 9 aromatic rings. The third kappa shape index (κ3) is 5.31. The zero-order valence-corrected chi connectivity index (χ0v) is 39.9. The highest BCUT2D eigenvalue weighted by molar-refractivity contribution is 7.33. The molecule has 1 aromatic heterocycles. The largest absolute Gasteiger partial charge is 0.311 e. The summed E-state index contributed by atoms with van der Waals surface area (Å²) in [6.45, 7) is 18.5. The van der Waals surface area contributed by atoms with Crippen molar-refractivity contribution in [2.45, 2.75) is 78.1 Å². The molecule has 8 aromatic carbocycles. The minimum Gasteiger partial charge on any atom is -0.311 e. The normalized spacial score (nSPS) is 14.7. The van der Waals surface area contributed by atoms with E-state index >= 15 is 0 Å². The second-order valence-corrected chi connectivity index (χ2v) is 22.0. The van der Waals surface area contributed by atoms with Crippen LogP contribution < -0.4 is 25.5 Å². The summed E-state index contributed by atoms with van der Waals surface area (Å²) in [6.07, 6.45) is 0. The third-order valence-electron chi connectivity index (χ3n) is 15.4. The average molecular weight is 869 g/mol. The SMILES string of the molecule is Cc1cc2c3c(c1)N(c1ccc(C(C)C)cc1)c1c(sc4cc5c(cc14)-c1ccc(C(C)C)cc1C51c4ccccc4-c4ccccc41)B3c1ccccc1N2c1ccc(C(C)(C)C)cc1. The number of fused-ring (bicyclic) bond motifs is 16. The van der Waals surface area contributed by atoms with Crippen LogP contribution in [0.4, 0.5) is 34.1 Å². The quantitative estimate of drug-likeness (QED) is 0.163. The monoisotopic (exact) mass is 868 g/mol. The van der Waals surface area contributed by atoms with Crippen LogP contribution in [-0.4, -0.2) is 6.71 Å². The Balaban J connectivity index is 1.12. The number of hydrogen-bond donors (Lipinski definition) is 0. The summed E-state index contributed by atoms with van der Waals surface area (Å²) in [5.41, 5.74) is 26.2. The van der Waals surface area contributed by atoms with Crippen molar-refractivity contribution in [2.75, 3.05) is 9.80 Å². The Morgan fingerprint density at radius 3 is 1.74 bits per heavy atom. The van der Waals surface area contributed by atoms with Gasteiger partial charge in [-0.15, -0.1) is 11.3 Å². The fourth-order valence-corrected chi connectivity index (χ4v) is 13.6. The third-order valence-corrected chi connectivity index (χ3v) is 16.6. The van der Waals surface area contributed by atoms with Crippen LogP contribution in [0, 0.1) is 6.92 Å². The Bertz CT molecular complexity index is 3450. The Labute approximate surface area is 394 Å². The fourth-order valence-electron chi connectivity index (χ4n) is 12.2. The molecule has 66 heavy (non-hydrogen) atoms. The summed E-state index contributed by atoms with van der Waals surface area (Å²) in [5, 5.41) is 1.32. The van der Waals surface area contributed by atoms with Crippen LogP contribution >= 0.6 is 11.3 Å². The number of benzene rings is 8. The van der Waals surface area contributed by atoms with Crippen LogP contribution in [0.3, 0.4) is 0 Å². The maximum absolute atomic E-state index is 2.63. The Morgan fingerprint density at radius 1 is 0.515 bits per heavy atom. The first-order chi connectivity index (χ1) is 31.9. The molecule has 4 aliphatic rings. The standard InChI is InChI=1S/C62H53BN2S/c1-36(2)39-21-26-43(27-22-39)65-56-32-38(5)31-55-58(56)63(53-19-13-14-20-54(53)64(55)42-28-24-41(25-29-42)61(6,7)8)60-59(65)48-34-47-46-30-23-40(37(3)4)33-51(46)62(52(47)35-57(48)66-60)49-17-11-9-15-44(49)45-16-10-12-18-50(45)62/h9-37H,1-8H3. The molecule has 4 heteroatoms. The predicted octanol–water partition coefficient (Wildman–Crippen LogP) is 15.2. The number of thiophene rings is 1. The lowest BCUT2D eigenvalue weighted by molar-refractivity contribution is 0.590. The zero-order valence-electron chi connectivity index (χ0n) is 39.1. The van der Waals surface area contributed by atoms with E-state index < -0.39 is 5.41 Å². The number of hydrogen-bond acceptors (Lipinski definition) is 3. The maximum atomic E-state index is 2.63. The van der Waals surface area contributed by atoms with Crippen LogP contribution in [0.1, 0.15) is 105 Å². The van der Waals surface area contributed by atoms with Crippen molar-refractivity contribution >= 4 is 78.0 Å². The van der Waals surface area contributed by atoms with Gasteiger partial charge in [-0.1, -0.05) is 158 Å². The fraction of sp³-hybridized carbons (Fsp3) is 0.194. The summed E-state index contributed by atoms with van der Waals surface area (Å²) in [4.78, 5) is 5.17. The van der Waals surface area contributed by atoms with Crippen molar-refractivity contribution in [3.63, 3.8) is 0 Å². The van der Waals surface area contributed by atoms with Crippen LogP contribution in [0.25, 0.3) is 32.3 Å². The molecule has 13 rings (SSSR count). The van der Waals surface area contributed by atoms with E-state index in [2.05, 4.69) is 229 Å². The van der Waals surface area contributed by atoms with Crippen LogP contribution in [-0.2, 0) is 10.8 Å². The number of rotatable bonds is 4. The van der Waals surface area contributed by atoms with E-state index in [1.165, 1.54) is 127 Å². The zero-order chi connectivity index (χ0) is 45.0. The molecule has 320 valence electrons. The molecule has 0 saturated heterocycles. The highest BCUT2D eigenvalue weighted by Gasteiger charge is 2.53. The van der Waals surface area contributed by atoms with E-state index in [0.29, 0.717) is 11.8 Å². The molecule has 0 bridgehead atoms. The average Bonchev–Trinajstić information content (AvgIpc) is 3.94. The van der Waals surface area contributed by atoms with Gasteiger partial charge in [-0.05, 0) is 156 Å². The topological polar surface area (TPSA) is 6.48 Å². The van der Waals surface area contributed by atoms with Crippen LogP contribution in [0.15, 0.2) is 164 Å². The molecule has 0 atom stereocenters. The van der Waals surface area contributed by atoms with Gasteiger partial charge in [0.25, 0.3) is 6.71 Å². The number of aryl methyl sites for hydroxylation is 1. The van der Waals surface area contributed by atoms with Crippen molar-refractivity contribution in [2.24, 2.45) is 0 Å². The van der Waals surface area contributed by atoms with E-state index in [1.54, 1.807) is 0 Å². The molecule has 3 heterocycles. The van der Waals surface area contributed by atoms with Gasteiger partial charge < -0.3 is 9.80 Å². The number of anilines is 6. The molecule has 0 radical (unpaired) electrons. The van der Waals surface area contributed by atoms with Gasteiger partial charge in [-0.3, -0.25) is 0 Å².